The van der Waals surface area contributed by atoms with Gasteiger partial charge in [-0.25, -0.2) is 0 Å². The van der Waals surface area contributed by atoms with Crippen molar-refractivity contribution in [2.45, 2.75) is 85.5 Å². The minimum absolute atomic E-state index is 0.00404. The molecule has 7 heteroatoms. The van der Waals surface area contributed by atoms with E-state index in [2.05, 4.69) is 277 Å². The molecule has 5 aliphatic heterocycles. The number of anilines is 10. The van der Waals surface area contributed by atoms with Gasteiger partial charge in [-0.15, -0.1) is 0 Å². The molecule has 0 saturated carbocycles. The summed E-state index contributed by atoms with van der Waals surface area (Å²) in [5.74, 6) is 0. The SMILES string of the molecule is Cc1cc2c3c(c1)N(c1ccc(C(C)(C)C)cc1)c1cc4c(cc1B3c1ccc(C(C)(C)C)cc1N2c1ccc(-c2ccc3c(c2)oc2ccccc23)cc1)N1B2c3c(cc(C(C)(C)C)cc3-c3ccccc3N24)-c2ccccc21. The average Bonchev–Trinajstić information content (AvgIpc) is 3.83. The summed E-state index contributed by atoms with van der Waals surface area (Å²) in [6.07, 6.45) is 0. The van der Waals surface area contributed by atoms with Crippen LogP contribution in [0.25, 0.3) is 55.3 Å². The minimum Gasteiger partial charge on any atom is -0.456 e. The number of hydrogen-bond acceptors (Lipinski definition) is 5. The van der Waals surface area contributed by atoms with Gasteiger partial charge < -0.3 is 23.8 Å². The first-order valence-corrected chi connectivity index (χ1v) is 28.6. The van der Waals surface area contributed by atoms with E-state index in [1.54, 1.807) is 0 Å². The maximum absolute atomic E-state index is 6.39. The number of hydrogen-bond donors (Lipinski definition) is 0. The standard InChI is InChI=1S/C73H62B2N4O/c1-43-35-65-70-66(36-43)77(50-31-26-46(27-32-50)71(2,3)4)62-42-64-63(78-59-20-14-11-17-51(59)55-38-48(73(8,9)10)39-56-52-18-12-15-21-60(52)79(64)75(78)69(55)56)41-58(62)74(70)57-34-28-47(72(5,6)7)40-61(57)76(65)49-29-23-44(24-30-49)45-25-33-54-53-19-13-16-22-67(53)80-68(54)37-45/h11-42H,1-10H3. The number of fused-ring (bicyclic) bond motifs is 16. The van der Waals surface area contributed by atoms with Gasteiger partial charge in [0.05, 0.1) is 11.4 Å². The quantitative estimate of drug-likeness (QED) is 0.164. The van der Waals surface area contributed by atoms with E-state index in [4.69, 9.17) is 4.42 Å². The number of aryl methyl sites for hydroxylation is 1. The van der Waals surface area contributed by atoms with Gasteiger partial charge in [0.25, 0.3) is 6.71 Å². The Hall–Kier alpha value is -8.67. The van der Waals surface area contributed by atoms with Crippen LogP contribution in [0.15, 0.2) is 199 Å². The third-order valence-corrected chi connectivity index (χ3v) is 18.2. The number of benzene rings is 10. The number of furan rings is 1. The van der Waals surface area contributed by atoms with Crippen LogP contribution in [0.3, 0.4) is 0 Å². The summed E-state index contributed by atoms with van der Waals surface area (Å²) in [7, 11) is 0. The van der Waals surface area contributed by atoms with E-state index < -0.39 is 0 Å². The lowest BCUT2D eigenvalue weighted by molar-refractivity contribution is 0.590. The average molecular weight is 1030 g/mol. The van der Waals surface area contributed by atoms with Gasteiger partial charge in [-0.1, -0.05) is 172 Å². The molecule has 0 aliphatic carbocycles. The molecule has 0 spiro atoms. The molecule has 11 aromatic rings. The molecule has 5 nitrogen and oxygen atoms in total. The van der Waals surface area contributed by atoms with Crippen molar-refractivity contribution in [1.29, 1.82) is 0 Å². The summed E-state index contributed by atoms with van der Waals surface area (Å²) in [4.78, 5) is 10.5. The highest BCUT2D eigenvalue weighted by atomic mass is 16.3. The van der Waals surface area contributed by atoms with Crippen LogP contribution in [-0.2, 0) is 16.2 Å². The molecule has 386 valence electrons. The molecule has 0 saturated heterocycles. The Kier molecular flexibility index (Phi) is 9.60. The van der Waals surface area contributed by atoms with Gasteiger partial charge in [0.2, 0.25) is 0 Å². The molecule has 80 heavy (non-hydrogen) atoms. The second kappa shape index (κ2) is 16.2. The van der Waals surface area contributed by atoms with Crippen LogP contribution < -0.4 is 41.3 Å². The Morgan fingerprint density at radius 2 is 0.875 bits per heavy atom. The highest BCUT2D eigenvalue weighted by Gasteiger charge is 2.54. The lowest BCUT2D eigenvalue weighted by atomic mass is 9.33. The first-order chi connectivity index (χ1) is 38.5. The van der Waals surface area contributed by atoms with E-state index in [-0.39, 0.29) is 29.9 Å². The number of nitrogens with zero attached hydrogens (tertiary/aromatic N) is 4. The fourth-order valence-corrected chi connectivity index (χ4v) is 14.2. The Balaban J connectivity index is 0.941. The molecular weight excluding hydrogens is 970 g/mol. The van der Waals surface area contributed by atoms with Crippen molar-refractivity contribution >= 4 is 114 Å². The maximum Gasteiger partial charge on any atom is 0.422 e. The van der Waals surface area contributed by atoms with Gasteiger partial charge in [0, 0.05) is 67.4 Å². The van der Waals surface area contributed by atoms with Crippen LogP contribution >= 0.6 is 0 Å². The van der Waals surface area contributed by atoms with E-state index in [0.29, 0.717) is 0 Å². The lowest BCUT2D eigenvalue weighted by Gasteiger charge is -2.45. The molecule has 0 bridgehead atoms. The van der Waals surface area contributed by atoms with Crippen LogP contribution in [0.5, 0.6) is 0 Å². The largest absolute Gasteiger partial charge is 0.456 e. The van der Waals surface area contributed by atoms with Crippen LogP contribution in [0.2, 0.25) is 0 Å². The summed E-state index contributed by atoms with van der Waals surface area (Å²) in [6.45, 7) is 23.1. The maximum atomic E-state index is 6.39. The molecule has 5 aliphatic rings. The van der Waals surface area contributed by atoms with Gasteiger partial charge in [-0.3, -0.25) is 0 Å². The molecule has 16 rings (SSSR count). The first-order valence-electron chi connectivity index (χ1n) is 28.6. The van der Waals surface area contributed by atoms with E-state index >= 15 is 0 Å². The second-order valence-electron chi connectivity index (χ2n) is 26.3. The molecule has 0 fully saturated rings. The molecule has 1 aromatic heterocycles. The summed E-state index contributed by atoms with van der Waals surface area (Å²) in [5.41, 5.74) is 31.9. The molecule has 0 radical (unpaired) electrons. The van der Waals surface area contributed by atoms with Crippen LogP contribution in [0.4, 0.5) is 56.9 Å². The number of para-hydroxylation sites is 3. The number of rotatable bonds is 3. The lowest BCUT2D eigenvalue weighted by Crippen LogP contribution is -2.61. The molecule has 6 heterocycles. The van der Waals surface area contributed by atoms with Crippen molar-refractivity contribution < 1.29 is 4.42 Å². The fourth-order valence-electron chi connectivity index (χ4n) is 14.2. The summed E-state index contributed by atoms with van der Waals surface area (Å²) < 4.78 is 6.39. The van der Waals surface area contributed by atoms with Crippen molar-refractivity contribution in [3.8, 4) is 33.4 Å². The van der Waals surface area contributed by atoms with E-state index in [1.807, 2.05) is 6.07 Å². The van der Waals surface area contributed by atoms with E-state index in [1.165, 1.54) is 112 Å². The third-order valence-electron chi connectivity index (χ3n) is 18.2. The third kappa shape index (κ3) is 6.67. The van der Waals surface area contributed by atoms with Gasteiger partial charge in [-0.2, -0.15) is 0 Å². The zero-order valence-corrected chi connectivity index (χ0v) is 47.3. The predicted octanol–water partition coefficient (Wildman–Crippen LogP) is 17.2. The molecular formula is C73H62B2N4O. The topological polar surface area (TPSA) is 26.1 Å². The van der Waals surface area contributed by atoms with Crippen molar-refractivity contribution in [2.75, 3.05) is 19.4 Å². The Bertz CT molecular complexity index is 4460. The van der Waals surface area contributed by atoms with Crippen molar-refractivity contribution in [3.63, 3.8) is 0 Å². The molecule has 0 unspecified atom stereocenters. The summed E-state index contributed by atoms with van der Waals surface area (Å²) in [5, 5.41) is 2.29. The fraction of sp³-hybridized carbons (Fsp3) is 0.178. The van der Waals surface area contributed by atoms with Gasteiger partial charge in [0.15, 0.2) is 0 Å². The van der Waals surface area contributed by atoms with Crippen molar-refractivity contribution in [3.05, 3.63) is 216 Å². The molecule has 0 atom stereocenters. The van der Waals surface area contributed by atoms with Gasteiger partial charge >= 0.3 is 6.98 Å². The monoisotopic (exact) mass is 1030 g/mol. The second-order valence-corrected chi connectivity index (χ2v) is 26.3. The Labute approximate surface area is 470 Å². The molecule has 10 aromatic carbocycles. The smallest absolute Gasteiger partial charge is 0.422 e. The highest BCUT2D eigenvalue weighted by Crippen LogP contribution is 2.58. The van der Waals surface area contributed by atoms with Crippen molar-refractivity contribution in [1.82, 2.24) is 0 Å². The van der Waals surface area contributed by atoms with Gasteiger partial charge in [-0.05, 0) is 174 Å². The van der Waals surface area contributed by atoms with Crippen LogP contribution in [-0.4, -0.2) is 13.7 Å². The minimum atomic E-state index is -0.0787. The van der Waals surface area contributed by atoms with Crippen molar-refractivity contribution in [2.24, 2.45) is 0 Å². The zero-order valence-electron chi connectivity index (χ0n) is 47.3. The van der Waals surface area contributed by atoms with E-state index in [0.717, 1.165) is 44.4 Å². The zero-order chi connectivity index (χ0) is 54.5. The Morgan fingerprint density at radius 3 is 1.50 bits per heavy atom. The molecule has 0 N–H and O–H groups in total. The predicted molar refractivity (Wildman–Crippen MR) is 341 cm³/mol. The molecule has 0 amide bonds. The first kappa shape index (κ1) is 47.3. The van der Waals surface area contributed by atoms with Crippen LogP contribution in [0, 0.1) is 6.92 Å². The van der Waals surface area contributed by atoms with Gasteiger partial charge in [0.1, 0.15) is 11.2 Å². The van der Waals surface area contributed by atoms with E-state index in [9.17, 15) is 0 Å². The Morgan fingerprint density at radius 1 is 0.350 bits per heavy atom. The normalized spacial score (nSPS) is 14.5. The summed E-state index contributed by atoms with van der Waals surface area (Å²) in [6, 6.07) is 74.4. The summed E-state index contributed by atoms with van der Waals surface area (Å²) >= 11 is 0. The highest BCUT2D eigenvalue weighted by molar-refractivity contribution is 7.00. The van der Waals surface area contributed by atoms with Crippen LogP contribution in [0.1, 0.15) is 84.6 Å².